The van der Waals surface area contributed by atoms with Crippen molar-refractivity contribution in [1.29, 1.82) is 0 Å². The van der Waals surface area contributed by atoms with Crippen LogP contribution in [-0.2, 0) is 27.8 Å². The van der Waals surface area contributed by atoms with Crippen LogP contribution in [0.2, 0.25) is 0 Å². The SMILES string of the molecule is Cc1nn(C)c(C)c1CCC(=O)OCC(=O)Nc1cc([N+](=O)[O-])ccc1F. The zero-order valence-electron chi connectivity index (χ0n) is 15.1. The second kappa shape index (κ2) is 8.39. The Hall–Kier alpha value is -3.30. The van der Waals surface area contributed by atoms with Gasteiger partial charge < -0.3 is 10.1 Å². The van der Waals surface area contributed by atoms with Gasteiger partial charge in [0, 0.05) is 31.3 Å². The van der Waals surface area contributed by atoms with Gasteiger partial charge in [0.05, 0.1) is 16.3 Å². The molecule has 0 aliphatic heterocycles. The van der Waals surface area contributed by atoms with Gasteiger partial charge in [-0.1, -0.05) is 0 Å². The molecule has 9 nitrogen and oxygen atoms in total. The highest BCUT2D eigenvalue weighted by Crippen LogP contribution is 2.21. The van der Waals surface area contributed by atoms with Crippen molar-refractivity contribution in [2.45, 2.75) is 26.7 Å². The van der Waals surface area contributed by atoms with Crippen LogP contribution in [0.4, 0.5) is 15.8 Å². The molecule has 0 fully saturated rings. The molecule has 0 aliphatic rings. The maximum absolute atomic E-state index is 13.6. The normalized spacial score (nSPS) is 10.5. The molecule has 10 heteroatoms. The third-order valence-electron chi connectivity index (χ3n) is 4.04. The highest BCUT2D eigenvalue weighted by Gasteiger charge is 2.15. The number of aromatic nitrogens is 2. The quantitative estimate of drug-likeness (QED) is 0.448. The van der Waals surface area contributed by atoms with Crippen LogP contribution in [0.1, 0.15) is 23.4 Å². The molecule has 0 aliphatic carbocycles. The molecule has 0 saturated carbocycles. The van der Waals surface area contributed by atoms with E-state index < -0.39 is 29.2 Å². The molecule has 1 aromatic carbocycles. The number of amides is 1. The van der Waals surface area contributed by atoms with E-state index >= 15 is 0 Å². The minimum atomic E-state index is -0.831. The average molecular weight is 378 g/mol. The molecule has 27 heavy (non-hydrogen) atoms. The molecule has 2 aromatic rings. The van der Waals surface area contributed by atoms with Crippen molar-refractivity contribution in [3.05, 3.63) is 51.1 Å². The number of carbonyl (C=O) groups excluding carboxylic acids is 2. The standard InChI is InChI=1S/C17H19FN4O5/c1-10-13(11(2)21(3)20-10)5-7-17(24)27-9-16(23)19-15-8-12(22(25)26)4-6-14(15)18/h4,6,8H,5,7,9H2,1-3H3,(H,19,23). The van der Waals surface area contributed by atoms with Gasteiger partial charge >= 0.3 is 5.97 Å². The first-order chi connectivity index (χ1) is 12.7. The predicted molar refractivity (Wildman–Crippen MR) is 93.6 cm³/mol. The van der Waals surface area contributed by atoms with E-state index in [9.17, 15) is 24.1 Å². The summed E-state index contributed by atoms with van der Waals surface area (Å²) in [6.07, 6.45) is 0.483. The number of hydrogen-bond acceptors (Lipinski definition) is 6. The maximum Gasteiger partial charge on any atom is 0.306 e. The summed E-state index contributed by atoms with van der Waals surface area (Å²) in [5, 5.41) is 17.1. The summed E-state index contributed by atoms with van der Waals surface area (Å²) in [5.74, 6) is -2.22. The zero-order chi connectivity index (χ0) is 20.1. The second-order valence-electron chi connectivity index (χ2n) is 5.90. The Balaban J connectivity index is 1.86. The monoisotopic (exact) mass is 378 g/mol. The third kappa shape index (κ3) is 5.09. The fourth-order valence-electron chi connectivity index (χ4n) is 2.53. The fraction of sp³-hybridized carbons (Fsp3) is 0.353. The average Bonchev–Trinajstić information content (AvgIpc) is 2.85. The third-order valence-corrected chi connectivity index (χ3v) is 4.04. The van der Waals surface area contributed by atoms with Crippen molar-refractivity contribution < 1.29 is 23.6 Å². The highest BCUT2D eigenvalue weighted by atomic mass is 19.1. The van der Waals surface area contributed by atoms with Crippen LogP contribution < -0.4 is 5.32 Å². The Morgan fingerprint density at radius 1 is 1.37 bits per heavy atom. The summed E-state index contributed by atoms with van der Waals surface area (Å²) in [7, 11) is 1.81. The van der Waals surface area contributed by atoms with E-state index in [1.165, 1.54) is 0 Å². The van der Waals surface area contributed by atoms with E-state index in [-0.39, 0.29) is 17.8 Å². The van der Waals surface area contributed by atoms with E-state index in [1.807, 2.05) is 20.9 Å². The lowest BCUT2D eigenvalue weighted by Crippen LogP contribution is -2.21. The molecule has 1 amide bonds. The number of non-ortho nitro benzene ring substituents is 1. The lowest BCUT2D eigenvalue weighted by molar-refractivity contribution is -0.384. The van der Waals surface area contributed by atoms with Gasteiger partial charge in [0.25, 0.3) is 11.6 Å². The number of rotatable bonds is 7. The van der Waals surface area contributed by atoms with Crippen LogP contribution in [0.25, 0.3) is 0 Å². The Bertz CT molecular complexity index is 894. The summed E-state index contributed by atoms with van der Waals surface area (Å²) in [4.78, 5) is 33.6. The lowest BCUT2D eigenvalue weighted by Gasteiger charge is -2.08. The summed E-state index contributed by atoms with van der Waals surface area (Å²) in [5.41, 5.74) is 1.98. The van der Waals surface area contributed by atoms with Gasteiger partial charge in [0.2, 0.25) is 0 Å². The van der Waals surface area contributed by atoms with Crippen molar-refractivity contribution in [2.24, 2.45) is 7.05 Å². The molecule has 1 aromatic heterocycles. The molecule has 144 valence electrons. The van der Waals surface area contributed by atoms with Gasteiger partial charge in [-0.05, 0) is 31.9 Å². The number of hydrogen-bond donors (Lipinski definition) is 1. The van der Waals surface area contributed by atoms with Gasteiger partial charge in [-0.25, -0.2) is 4.39 Å². The van der Waals surface area contributed by atoms with Crippen LogP contribution in [-0.4, -0.2) is 33.2 Å². The molecule has 0 saturated heterocycles. The summed E-state index contributed by atoms with van der Waals surface area (Å²) >= 11 is 0. The molecule has 2 rings (SSSR count). The van der Waals surface area contributed by atoms with E-state index in [0.717, 1.165) is 35.2 Å². The van der Waals surface area contributed by atoms with Crippen molar-refractivity contribution >= 4 is 23.3 Å². The first kappa shape index (κ1) is 20.0. The minimum Gasteiger partial charge on any atom is -0.456 e. The largest absolute Gasteiger partial charge is 0.456 e. The number of nitro benzene ring substituents is 1. The van der Waals surface area contributed by atoms with Gasteiger partial charge in [0.1, 0.15) is 5.82 Å². The van der Waals surface area contributed by atoms with Crippen molar-refractivity contribution in [3.8, 4) is 0 Å². The van der Waals surface area contributed by atoms with Crippen LogP contribution >= 0.6 is 0 Å². The summed E-state index contributed by atoms with van der Waals surface area (Å²) in [6.45, 7) is 3.11. The minimum absolute atomic E-state index is 0.0613. The maximum atomic E-state index is 13.6. The van der Waals surface area contributed by atoms with E-state index in [2.05, 4.69) is 10.4 Å². The van der Waals surface area contributed by atoms with E-state index in [4.69, 9.17) is 4.74 Å². The Labute approximate surface area is 154 Å². The van der Waals surface area contributed by atoms with E-state index in [1.54, 1.807) is 4.68 Å². The zero-order valence-corrected chi connectivity index (χ0v) is 15.1. The highest BCUT2D eigenvalue weighted by molar-refractivity contribution is 5.93. The number of ether oxygens (including phenoxy) is 1. The summed E-state index contributed by atoms with van der Waals surface area (Å²) < 4.78 is 20.2. The van der Waals surface area contributed by atoms with Crippen molar-refractivity contribution in [1.82, 2.24) is 9.78 Å². The van der Waals surface area contributed by atoms with Gasteiger partial charge in [-0.15, -0.1) is 0 Å². The first-order valence-electron chi connectivity index (χ1n) is 8.07. The van der Waals surface area contributed by atoms with Gasteiger partial charge in [-0.3, -0.25) is 24.4 Å². The fourth-order valence-corrected chi connectivity index (χ4v) is 2.53. The van der Waals surface area contributed by atoms with Gasteiger partial charge in [-0.2, -0.15) is 5.10 Å². The number of carbonyl (C=O) groups is 2. The number of esters is 1. The Morgan fingerprint density at radius 3 is 2.67 bits per heavy atom. The molecule has 1 heterocycles. The first-order valence-corrected chi connectivity index (χ1v) is 8.07. The smallest absolute Gasteiger partial charge is 0.306 e. The molecular formula is C17H19FN4O5. The van der Waals surface area contributed by atoms with Crippen molar-refractivity contribution in [3.63, 3.8) is 0 Å². The summed E-state index contributed by atoms with van der Waals surface area (Å²) in [6, 6.07) is 2.74. The molecule has 0 bridgehead atoms. The van der Waals surface area contributed by atoms with Crippen LogP contribution in [0.5, 0.6) is 0 Å². The molecule has 0 spiro atoms. The molecule has 0 unspecified atom stereocenters. The Morgan fingerprint density at radius 2 is 2.07 bits per heavy atom. The number of benzene rings is 1. The molecule has 0 radical (unpaired) electrons. The van der Waals surface area contributed by atoms with Gasteiger partial charge in [0.15, 0.2) is 6.61 Å². The Kier molecular flexibility index (Phi) is 6.22. The number of halogens is 1. The van der Waals surface area contributed by atoms with Crippen molar-refractivity contribution in [2.75, 3.05) is 11.9 Å². The second-order valence-corrected chi connectivity index (χ2v) is 5.90. The molecule has 0 atom stereocenters. The molecular weight excluding hydrogens is 359 g/mol. The van der Waals surface area contributed by atoms with Crippen LogP contribution in [0.3, 0.4) is 0 Å². The van der Waals surface area contributed by atoms with E-state index in [0.29, 0.717) is 6.42 Å². The number of aryl methyl sites for hydroxylation is 2. The lowest BCUT2D eigenvalue weighted by atomic mass is 10.1. The number of nitro groups is 1. The number of anilines is 1. The topological polar surface area (TPSA) is 116 Å². The van der Waals surface area contributed by atoms with Crippen LogP contribution in [0, 0.1) is 29.8 Å². The van der Waals surface area contributed by atoms with Crippen LogP contribution in [0.15, 0.2) is 18.2 Å². The number of nitrogens with one attached hydrogen (secondary N) is 1. The predicted octanol–water partition coefficient (Wildman–Crippen LogP) is 2.20. The molecule has 1 N–H and O–H groups in total. The number of nitrogens with zero attached hydrogens (tertiary/aromatic N) is 3.